The van der Waals surface area contributed by atoms with Crippen LogP contribution in [0.5, 0.6) is 5.75 Å². The summed E-state index contributed by atoms with van der Waals surface area (Å²) in [6, 6.07) is 4.59. The zero-order chi connectivity index (χ0) is 16.9. The van der Waals surface area contributed by atoms with Crippen LogP contribution in [0.2, 0.25) is 5.02 Å². The maximum atomic E-state index is 12.6. The number of rotatable bonds is 2. The maximum absolute atomic E-state index is 12.6. The number of hydrogen-bond donors (Lipinski definition) is 1. The standard InChI is InChI=1S/C14H9ClN2O6/c1-2-16-8-4-3-6(15)5-7(8)12-9(13(16)19)11(18)10(17(21)22)14(20)23-12/h3-5,18H,2H2,1H3. The van der Waals surface area contributed by atoms with Crippen molar-refractivity contribution in [2.75, 3.05) is 0 Å². The summed E-state index contributed by atoms with van der Waals surface area (Å²) >= 11 is 5.94. The molecule has 0 amide bonds. The number of benzene rings is 1. The summed E-state index contributed by atoms with van der Waals surface area (Å²) in [6.45, 7) is 1.95. The monoisotopic (exact) mass is 336 g/mol. The minimum absolute atomic E-state index is 0.231. The van der Waals surface area contributed by atoms with Crippen LogP contribution in [0.15, 0.2) is 32.2 Å². The summed E-state index contributed by atoms with van der Waals surface area (Å²) in [4.78, 5) is 34.2. The van der Waals surface area contributed by atoms with Crippen LogP contribution < -0.4 is 11.2 Å². The SMILES string of the molecule is CCn1c(=O)c2c(O)c([N+](=O)[O-])c(=O)oc2c2cc(Cl)ccc21. The van der Waals surface area contributed by atoms with E-state index in [2.05, 4.69) is 0 Å². The number of nitro groups is 1. The lowest BCUT2D eigenvalue weighted by Crippen LogP contribution is -2.21. The number of nitrogens with zero attached hydrogens (tertiary/aromatic N) is 2. The van der Waals surface area contributed by atoms with Crippen LogP contribution in [0.3, 0.4) is 0 Å². The van der Waals surface area contributed by atoms with E-state index in [4.69, 9.17) is 16.0 Å². The number of fused-ring (bicyclic) bond motifs is 3. The van der Waals surface area contributed by atoms with Gasteiger partial charge in [0.1, 0.15) is 5.39 Å². The molecule has 0 saturated carbocycles. The third-order valence-electron chi connectivity index (χ3n) is 3.53. The average molecular weight is 337 g/mol. The van der Waals surface area contributed by atoms with E-state index < -0.39 is 32.9 Å². The molecule has 3 rings (SSSR count). The Morgan fingerprint density at radius 1 is 1.39 bits per heavy atom. The molecule has 0 fully saturated rings. The number of aromatic nitrogens is 1. The van der Waals surface area contributed by atoms with Gasteiger partial charge in [-0.3, -0.25) is 14.9 Å². The fourth-order valence-electron chi connectivity index (χ4n) is 2.55. The molecule has 2 heterocycles. The van der Waals surface area contributed by atoms with E-state index in [-0.39, 0.29) is 12.1 Å². The molecule has 1 N–H and O–H groups in total. The Labute approximate surface area is 132 Å². The van der Waals surface area contributed by atoms with Crippen LogP contribution in [0.4, 0.5) is 5.69 Å². The van der Waals surface area contributed by atoms with Crippen molar-refractivity contribution in [3.63, 3.8) is 0 Å². The van der Waals surface area contributed by atoms with Gasteiger partial charge in [-0.1, -0.05) is 11.6 Å². The zero-order valence-electron chi connectivity index (χ0n) is 11.7. The highest BCUT2D eigenvalue weighted by atomic mass is 35.5. The molecule has 0 atom stereocenters. The van der Waals surface area contributed by atoms with Gasteiger partial charge in [-0.15, -0.1) is 0 Å². The highest BCUT2D eigenvalue weighted by molar-refractivity contribution is 6.31. The molecule has 0 unspecified atom stereocenters. The first-order chi connectivity index (χ1) is 10.9. The summed E-state index contributed by atoms with van der Waals surface area (Å²) in [6.07, 6.45) is 0. The number of pyridine rings is 1. The number of hydrogen-bond acceptors (Lipinski definition) is 6. The Morgan fingerprint density at radius 2 is 2.09 bits per heavy atom. The van der Waals surface area contributed by atoms with Crippen molar-refractivity contribution in [2.24, 2.45) is 0 Å². The van der Waals surface area contributed by atoms with Gasteiger partial charge in [-0.25, -0.2) is 4.79 Å². The summed E-state index contributed by atoms with van der Waals surface area (Å²) in [7, 11) is 0. The molecule has 9 heteroatoms. The second-order valence-electron chi connectivity index (χ2n) is 4.76. The Balaban J connectivity index is 2.72. The molecule has 0 bridgehead atoms. The lowest BCUT2D eigenvalue weighted by atomic mass is 10.1. The van der Waals surface area contributed by atoms with E-state index in [0.717, 1.165) is 0 Å². The Hall–Kier alpha value is -2.87. The molecule has 0 saturated heterocycles. The zero-order valence-corrected chi connectivity index (χ0v) is 12.5. The number of halogens is 1. The van der Waals surface area contributed by atoms with Crippen molar-refractivity contribution in [1.82, 2.24) is 4.57 Å². The molecule has 118 valence electrons. The Bertz CT molecular complexity index is 1100. The van der Waals surface area contributed by atoms with Crippen molar-refractivity contribution in [1.29, 1.82) is 0 Å². The summed E-state index contributed by atoms with van der Waals surface area (Å²) < 4.78 is 6.26. The number of aromatic hydroxyl groups is 1. The average Bonchev–Trinajstić information content (AvgIpc) is 2.47. The second kappa shape index (κ2) is 5.10. The van der Waals surface area contributed by atoms with Crippen molar-refractivity contribution >= 4 is 39.2 Å². The predicted molar refractivity (Wildman–Crippen MR) is 83.3 cm³/mol. The van der Waals surface area contributed by atoms with Gasteiger partial charge in [-0.2, -0.15) is 0 Å². The van der Waals surface area contributed by atoms with Gasteiger partial charge < -0.3 is 14.1 Å². The molecular formula is C14H9ClN2O6. The molecule has 2 aromatic heterocycles. The van der Waals surface area contributed by atoms with Crippen LogP contribution in [-0.2, 0) is 6.54 Å². The third kappa shape index (κ3) is 2.07. The van der Waals surface area contributed by atoms with Gasteiger partial charge in [0.05, 0.1) is 10.4 Å². The van der Waals surface area contributed by atoms with Gasteiger partial charge in [0.25, 0.3) is 5.56 Å². The van der Waals surface area contributed by atoms with E-state index in [9.17, 15) is 24.8 Å². The van der Waals surface area contributed by atoms with E-state index in [0.29, 0.717) is 15.9 Å². The Morgan fingerprint density at radius 3 is 2.70 bits per heavy atom. The van der Waals surface area contributed by atoms with Crippen molar-refractivity contribution < 1.29 is 14.4 Å². The molecule has 0 aliphatic heterocycles. The molecule has 0 spiro atoms. The molecule has 0 aliphatic rings. The van der Waals surface area contributed by atoms with E-state index >= 15 is 0 Å². The fraction of sp³-hybridized carbons (Fsp3) is 0.143. The smallest absolute Gasteiger partial charge is 0.419 e. The van der Waals surface area contributed by atoms with Gasteiger partial charge in [0, 0.05) is 17.0 Å². The molecule has 0 aliphatic carbocycles. The quantitative estimate of drug-likeness (QED) is 0.436. The first-order valence-corrected chi connectivity index (χ1v) is 6.90. The van der Waals surface area contributed by atoms with Gasteiger partial charge in [0.15, 0.2) is 5.58 Å². The van der Waals surface area contributed by atoms with Crippen molar-refractivity contribution in [3.8, 4) is 5.75 Å². The van der Waals surface area contributed by atoms with Crippen molar-refractivity contribution in [2.45, 2.75) is 13.5 Å². The highest BCUT2D eigenvalue weighted by Gasteiger charge is 2.28. The summed E-state index contributed by atoms with van der Waals surface area (Å²) in [5, 5.41) is 21.2. The van der Waals surface area contributed by atoms with E-state index in [1.165, 1.54) is 10.6 Å². The second-order valence-corrected chi connectivity index (χ2v) is 5.20. The van der Waals surface area contributed by atoms with Crippen LogP contribution in [0.1, 0.15) is 6.92 Å². The molecule has 23 heavy (non-hydrogen) atoms. The maximum Gasteiger partial charge on any atom is 0.419 e. The fourth-order valence-corrected chi connectivity index (χ4v) is 2.72. The van der Waals surface area contributed by atoms with Crippen molar-refractivity contribution in [3.05, 3.63) is 54.1 Å². The van der Waals surface area contributed by atoms with Gasteiger partial charge >= 0.3 is 11.3 Å². The normalized spacial score (nSPS) is 11.2. The molecule has 3 aromatic rings. The van der Waals surface area contributed by atoms with Crippen LogP contribution in [0, 0.1) is 10.1 Å². The highest BCUT2D eigenvalue weighted by Crippen LogP contribution is 2.33. The van der Waals surface area contributed by atoms with Crippen LogP contribution in [0.25, 0.3) is 21.9 Å². The van der Waals surface area contributed by atoms with E-state index in [1.54, 1.807) is 19.1 Å². The largest absolute Gasteiger partial charge is 0.501 e. The lowest BCUT2D eigenvalue weighted by molar-refractivity contribution is -0.388. The minimum Gasteiger partial charge on any atom is -0.501 e. The van der Waals surface area contributed by atoms with E-state index in [1.807, 2.05) is 0 Å². The summed E-state index contributed by atoms with van der Waals surface area (Å²) in [5.74, 6) is -1.00. The Kier molecular flexibility index (Phi) is 3.33. The molecule has 1 aromatic carbocycles. The number of aryl methyl sites for hydroxylation is 1. The van der Waals surface area contributed by atoms with Crippen LogP contribution in [-0.4, -0.2) is 14.6 Å². The minimum atomic E-state index is -1.34. The predicted octanol–water partition coefficient (Wildman–Crippen LogP) is 2.40. The lowest BCUT2D eigenvalue weighted by Gasteiger charge is -2.11. The molecule has 8 nitrogen and oxygen atoms in total. The molecule has 0 radical (unpaired) electrons. The molecular weight excluding hydrogens is 328 g/mol. The van der Waals surface area contributed by atoms with Gasteiger partial charge in [0.2, 0.25) is 5.75 Å². The summed E-state index contributed by atoms with van der Waals surface area (Å²) in [5.41, 5.74) is -2.99. The van der Waals surface area contributed by atoms with Gasteiger partial charge in [-0.05, 0) is 25.1 Å². The third-order valence-corrected chi connectivity index (χ3v) is 3.76. The first kappa shape index (κ1) is 15.0. The van der Waals surface area contributed by atoms with Crippen LogP contribution >= 0.6 is 11.6 Å². The first-order valence-electron chi connectivity index (χ1n) is 6.53. The topological polar surface area (TPSA) is 116 Å².